The highest BCUT2D eigenvalue weighted by Gasteiger charge is 2.48. The van der Waals surface area contributed by atoms with Crippen molar-refractivity contribution in [3.05, 3.63) is 0 Å². The predicted octanol–water partition coefficient (Wildman–Crippen LogP) is 1.93. The van der Waals surface area contributed by atoms with Crippen molar-refractivity contribution < 1.29 is 0 Å². The van der Waals surface area contributed by atoms with Gasteiger partial charge in [-0.05, 0) is 31.6 Å². The highest BCUT2D eigenvalue weighted by Crippen LogP contribution is 2.45. The summed E-state index contributed by atoms with van der Waals surface area (Å²) < 4.78 is 0. The van der Waals surface area contributed by atoms with Crippen LogP contribution in [0.5, 0.6) is 0 Å². The van der Waals surface area contributed by atoms with Gasteiger partial charge in [0.15, 0.2) is 0 Å². The van der Waals surface area contributed by atoms with E-state index in [-0.39, 0.29) is 0 Å². The van der Waals surface area contributed by atoms with Crippen LogP contribution in [0.4, 0.5) is 0 Å². The third-order valence-corrected chi connectivity index (χ3v) is 3.08. The Balaban J connectivity index is 1.93. The summed E-state index contributed by atoms with van der Waals surface area (Å²) in [7, 11) is 0. The molecule has 0 amide bonds. The van der Waals surface area contributed by atoms with E-state index < -0.39 is 0 Å². The first-order valence-electron chi connectivity index (χ1n) is 4.50. The summed E-state index contributed by atoms with van der Waals surface area (Å²) in [5.41, 5.74) is 0.648. The third kappa shape index (κ3) is 0.968. The summed E-state index contributed by atoms with van der Waals surface area (Å²) in [6.45, 7) is 4.64. The van der Waals surface area contributed by atoms with E-state index in [4.69, 9.17) is 0 Å². The van der Waals surface area contributed by atoms with Gasteiger partial charge in [0.05, 0.1) is 0 Å². The van der Waals surface area contributed by atoms with E-state index >= 15 is 0 Å². The first-order valence-corrected chi connectivity index (χ1v) is 4.50. The summed E-state index contributed by atoms with van der Waals surface area (Å²) in [6.07, 6.45) is 5.74. The lowest BCUT2D eigenvalue weighted by Gasteiger charge is -2.16. The van der Waals surface area contributed by atoms with Gasteiger partial charge in [0.2, 0.25) is 0 Å². The van der Waals surface area contributed by atoms with Gasteiger partial charge in [-0.2, -0.15) is 0 Å². The summed E-state index contributed by atoms with van der Waals surface area (Å²) in [5.74, 6) is 0.833. The largest absolute Gasteiger partial charge is 0.308 e. The second-order valence-electron chi connectivity index (χ2n) is 4.31. The lowest BCUT2D eigenvalue weighted by atomic mass is 10.0. The molecule has 0 radical (unpaired) electrons. The molecule has 1 heterocycles. The molecule has 1 aliphatic heterocycles. The number of hydrogen-bond acceptors (Lipinski definition) is 1. The van der Waals surface area contributed by atoms with Crippen LogP contribution >= 0.6 is 0 Å². The SMILES string of the molecule is CC(C)[C@H]1CCC2(CC2)N1. The van der Waals surface area contributed by atoms with Gasteiger partial charge in [0.1, 0.15) is 0 Å². The average Bonchev–Trinajstić information content (AvgIpc) is 2.41. The number of nitrogens with one attached hydrogen (secondary N) is 1. The predicted molar refractivity (Wildman–Crippen MR) is 43.0 cm³/mol. The molecular formula is C9H17N. The van der Waals surface area contributed by atoms with Gasteiger partial charge >= 0.3 is 0 Å². The van der Waals surface area contributed by atoms with Crippen LogP contribution in [0.3, 0.4) is 0 Å². The number of hydrogen-bond donors (Lipinski definition) is 1. The van der Waals surface area contributed by atoms with Crippen LogP contribution in [0.2, 0.25) is 0 Å². The van der Waals surface area contributed by atoms with Crippen molar-refractivity contribution in [2.24, 2.45) is 5.92 Å². The topological polar surface area (TPSA) is 12.0 Å². The Kier molecular flexibility index (Phi) is 1.31. The van der Waals surface area contributed by atoms with E-state index in [0.717, 1.165) is 12.0 Å². The van der Waals surface area contributed by atoms with Gasteiger partial charge in [-0.1, -0.05) is 13.8 Å². The minimum Gasteiger partial charge on any atom is -0.308 e. The third-order valence-electron chi connectivity index (χ3n) is 3.08. The van der Waals surface area contributed by atoms with Gasteiger partial charge in [0.25, 0.3) is 0 Å². The van der Waals surface area contributed by atoms with Crippen LogP contribution in [0, 0.1) is 5.92 Å². The zero-order valence-electron chi connectivity index (χ0n) is 6.98. The van der Waals surface area contributed by atoms with Crippen LogP contribution < -0.4 is 5.32 Å². The lowest BCUT2D eigenvalue weighted by molar-refractivity contribution is 0.424. The van der Waals surface area contributed by atoms with E-state index in [2.05, 4.69) is 19.2 Å². The van der Waals surface area contributed by atoms with Crippen molar-refractivity contribution in [2.75, 3.05) is 0 Å². The Morgan fingerprint density at radius 2 is 2.00 bits per heavy atom. The fourth-order valence-electron chi connectivity index (χ4n) is 2.01. The van der Waals surface area contributed by atoms with Gasteiger partial charge < -0.3 is 5.32 Å². The molecule has 1 heteroatoms. The molecule has 1 saturated carbocycles. The molecule has 0 bridgehead atoms. The second-order valence-corrected chi connectivity index (χ2v) is 4.31. The molecule has 1 aliphatic carbocycles. The Morgan fingerprint density at radius 3 is 2.30 bits per heavy atom. The van der Waals surface area contributed by atoms with E-state index in [1.165, 1.54) is 25.7 Å². The molecule has 1 N–H and O–H groups in total. The molecule has 10 heavy (non-hydrogen) atoms. The molecule has 1 atom stereocenters. The average molecular weight is 139 g/mol. The van der Waals surface area contributed by atoms with Crippen molar-refractivity contribution in [3.8, 4) is 0 Å². The van der Waals surface area contributed by atoms with Gasteiger partial charge in [-0.15, -0.1) is 0 Å². The fourth-order valence-corrected chi connectivity index (χ4v) is 2.01. The minimum atomic E-state index is 0.648. The van der Waals surface area contributed by atoms with Crippen LogP contribution in [0.1, 0.15) is 39.5 Å². The zero-order chi connectivity index (χ0) is 7.19. The van der Waals surface area contributed by atoms with Crippen LogP contribution in [-0.2, 0) is 0 Å². The van der Waals surface area contributed by atoms with Gasteiger partial charge in [-0.25, -0.2) is 0 Å². The summed E-state index contributed by atoms with van der Waals surface area (Å²) >= 11 is 0. The maximum absolute atomic E-state index is 3.74. The molecule has 1 saturated heterocycles. The monoisotopic (exact) mass is 139 g/mol. The second kappa shape index (κ2) is 1.97. The normalized spacial score (nSPS) is 35.7. The van der Waals surface area contributed by atoms with Crippen molar-refractivity contribution in [1.29, 1.82) is 0 Å². The molecule has 58 valence electrons. The van der Waals surface area contributed by atoms with E-state index in [1.807, 2.05) is 0 Å². The summed E-state index contributed by atoms with van der Waals surface area (Å²) in [5, 5.41) is 3.74. The van der Waals surface area contributed by atoms with Crippen molar-refractivity contribution in [3.63, 3.8) is 0 Å². The summed E-state index contributed by atoms with van der Waals surface area (Å²) in [6, 6.07) is 0.822. The van der Waals surface area contributed by atoms with E-state index in [1.54, 1.807) is 0 Å². The molecule has 0 unspecified atom stereocenters. The summed E-state index contributed by atoms with van der Waals surface area (Å²) in [4.78, 5) is 0. The molecule has 2 aliphatic rings. The molecule has 0 aromatic heterocycles. The van der Waals surface area contributed by atoms with Crippen LogP contribution in [0.25, 0.3) is 0 Å². The fraction of sp³-hybridized carbons (Fsp3) is 1.00. The Labute approximate surface area is 63.2 Å². The molecule has 1 spiro atoms. The van der Waals surface area contributed by atoms with Crippen LogP contribution in [-0.4, -0.2) is 11.6 Å². The minimum absolute atomic E-state index is 0.648. The molecule has 0 aromatic rings. The molecule has 1 nitrogen and oxygen atoms in total. The van der Waals surface area contributed by atoms with Crippen molar-refractivity contribution >= 4 is 0 Å². The van der Waals surface area contributed by atoms with Gasteiger partial charge in [-0.3, -0.25) is 0 Å². The first kappa shape index (κ1) is 6.66. The Hall–Kier alpha value is -0.0400. The molecule has 0 aromatic carbocycles. The zero-order valence-corrected chi connectivity index (χ0v) is 6.98. The lowest BCUT2D eigenvalue weighted by Crippen LogP contribution is -2.34. The maximum Gasteiger partial charge on any atom is 0.0186 e. The van der Waals surface area contributed by atoms with E-state index in [0.29, 0.717) is 5.54 Å². The standard InChI is InChI=1S/C9H17N/c1-7(2)8-3-4-9(10-8)5-6-9/h7-8,10H,3-6H2,1-2H3/t8-/m1/s1. The molecule has 2 rings (SSSR count). The Bertz CT molecular complexity index is 136. The van der Waals surface area contributed by atoms with Crippen molar-refractivity contribution in [1.82, 2.24) is 5.32 Å². The number of rotatable bonds is 1. The van der Waals surface area contributed by atoms with Crippen LogP contribution in [0.15, 0.2) is 0 Å². The Morgan fingerprint density at radius 1 is 1.30 bits per heavy atom. The molecule has 2 fully saturated rings. The maximum atomic E-state index is 3.74. The van der Waals surface area contributed by atoms with Crippen molar-refractivity contribution in [2.45, 2.75) is 51.1 Å². The van der Waals surface area contributed by atoms with E-state index in [9.17, 15) is 0 Å². The van der Waals surface area contributed by atoms with Gasteiger partial charge in [0, 0.05) is 11.6 Å². The first-order chi connectivity index (χ1) is 4.72. The molecular weight excluding hydrogens is 122 g/mol. The smallest absolute Gasteiger partial charge is 0.0186 e. The highest BCUT2D eigenvalue weighted by atomic mass is 15.1. The highest BCUT2D eigenvalue weighted by molar-refractivity contribution is 5.08. The quantitative estimate of drug-likeness (QED) is 0.585.